The highest BCUT2D eigenvalue weighted by Crippen LogP contribution is 2.52. The molecule has 0 fully saturated rings. The molecule has 1 heterocycles. The number of para-hydroxylation sites is 2. The molecule has 5 heteroatoms. The van der Waals surface area contributed by atoms with E-state index >= 15 is 0 Å². The molecule has 2 aromatic carbocycles. The maximum Gasteiger partial charge on any atom is 0.325 e. The van der Waals surface area contributed by atoms with Gasteiger partial charge in [0, 0.05) is 0 Å². The van der Waals surface area contributed by atoms with Gasteiger partial charge in [0.1, 0.15) is 0 Å². The van der Waals surface area contributed by atoms with Crippen molar-refractivity contribution in [2.24, 2.45) is 0 Å². The third-order valence-electron chi connectivity index (χ3n) is 3.38. The molecule has 3 rings (SSSR count). The van der Waals surface area contributed by atoms with Gasteiger partial charge >= 0.3 is 5.37 Å². The average Bonchev–Trinajstić information content (AvgIpc) is 2.55. The molecule has 1 amide bonds. The predicted molar refractivity (Wildman–Crippen MR) is 89.6 cm³/mol. The first-order valence-electron chi connectivity index (χ1n) is 6.07. The number of halogens is 3. The lowest BCUT2D eigenvalue weighted by Gasteiger charge is -2.22. The van der Waals surface area contributed by atoms with E-state index in [1.54, 1.807) is 4.90 Å². The van der Waals surface area contributed by atoms with Crippen molar-refractivity contribution < 1.29 is 4.79 Å². The first kappa shape index (κ1) is 14.1. The molecule has 0 bridgehead atoms. The quantitative estimate of drug-likeness (QED) is 0.291. The lowest BCUT2D eigenvalue weighted by Crippen LogP contribution is -2.20. The summed E-state index contributed by atoms with van der Waals surface area (Å²) in [5.74, 6) is 0. The summed E-state index contributed by atoms with van der Waals surface area (Å²) in [5, 5.41) is -0.508. The molecule has 2 atom stereocenters. The Bertz CT molecular complexity index is 625. The molecule has 20 heavy (non-hydrogen) atoms. The monoisotopic (exact) mass is 413 g/mol. The minimum atomic E-state index is -0.508. The summed E-state index contributed by atoms with van der Waals surface area (Å²) in [6.07, 6.45) is 0. The molecule has 0 N–H and O–H groups in total. The van der Waals surface area contributed by atoms with Crippen molar-refractivity contribution in [1.82, 2.24) is 0 Å². The number of benzene rings is 2. The van der Waals surface area contributed by atoms with Crippen molar-refractivity contribution in [2.75, 3.05) is 4.90 Å². The van der Waals surface area contributed by atoms with Gasteiger partial charge < -0.3 is 0 Å². The summed E-state index contributed by atoms with van der Waals surface area (Å²) in [5.41, 5.74) is 3.67. The van der Waals surface area contributed by atoms with Crippen molar-refractivity contribution in [1.29, 1.82) is 0 Å². The minimum Gasteiger partial charge on any atom is -0.267 e. The van der Waals surface area contributed by atoms with E-state index in [0.29, 0.717) is 0 Å². The van der Waals surface area contributed by atoms with Crippen LogP contribution < -0.4 is 4.90 Å². The Balaban J connectivity index is 2.33. The molecular formula is C15H10Br2ClNO. The standard InChI is InChI=1S/C15H10Br2ClNO/c16-13-9-5-1-3-7-11(9)19(15(18)20)12-8-4-2-6-10(12)14(13)17/h1-8,13-14H/t13-,14-/m1/s1. The second-order valence-corrected chi connectivity index (χ2v) is 6.81. The van der Waals surface area contributed by atoms with Crippen molar-refractivity contribution >= 4 is 60.2 Å². The van der Waals surface area contributed by atoms with E-state index in [-0.39, 0.29) is 9.65 Å². The van der Waals surface area contributed by atoms with E-state index in [1.165, 1.54) is 0 Å². The van der Waals surface area contributed by atoms with Crippen LogP contribution in [0.15, 0.2) is 48.5 Å². The zero-order valence-corrected chi connectivity index (χ0v) is 14.2. The summed E-state index contributed by atoms with van der Waals surface area (Å²) in [7, 11) is 0. The highest BCUT2D eigenvalue weighted by atomic mass is 79.9. The van der Waals surface area contributed by atoms with Gasteiger partial charge in [0.2, 0.25) is 0 Å². The smallest absolute Gasteiger partial charge is 0.267 e. The van der Waals surface area contributed by atoms with Crippen LogP contribution in [0.5, 0.6) is 0 Å². The molecule has 0 aromatic heterocycles. The largest absolute Gasteiger partial charge is 0.325 e. The fraction of sp³-hybridized carbons (Fsp3) is 0.133. The zero-order chi connectivity index (χ0) is 14.3. The SMILES string of the molecule is O=C(Cl)N1c2ccccc2[C@@H](Br)[C@H](Br)c2ccccc21. The van der Waals surface area contributed by atoms with E-state index in [2.05, 4.69) is 31.9 Å². The van der Waals surface area contributed by atoms with Crippen molar-refractivity contribution in [3.8, 4) is 0 Å². The number of hydrogen-bond donors (Lipinski definition) is 0. The molecule has 1 aliphatic heterocycles. The van der Waals surface area contributed by atoms with Gasteiger partial charge in [0.05, 0.1) is 21.0 Å². The van der Waals surface area contributed by atoms with Crippen molar-refractivity contribution in [2.45, 2.75) is 9.65 Å². The molecule has 0 unspecified atom stereocenters. The number of carbonyl (C=O) groups excluding carboxylic acids is 1. The summed E-state index contributed by atoms with van der Waals surface area (Å²) in [6.45, 7) is 0. The Hall–Kier alpha value is -0.840. The highest BCUT2D eigenvalue weighted by Gasteiger charge is 2.33. The number of hydrogen-bond acceptors (Lipinski definition) is 1. The van der Waals surface area contributed by atoms with Gasteiger partial charge in [-0.3, -0.25) is 9.69 Å². The molecule has 0 radical (unpaired) electrons. The molecular weight excluding hydrogens is 405 g/mol. The fourth-order valence-corrected chi connectivity index (χ4v) is 4.01. The van der Waals surface area contributed by atoms with Crippen LogP contribution in [0.25, 0.3) is 0 Å². The lowest BCUT2D eigenvalue weighted by molar-refractivity contribution is 0.266. The van der Waals surface area contributed by atoms with Crippen molar-refractivity contribution in [3.05, 3.63) is 59.7 Å². The topological polar surface area (TPSA) is 20.3 Å². The van der Waals surface area contributed by atoms with Gasteiger partial charge in [0.15, 0.2) is 0 Å². The Morgan fingerprint density at radius 1 is 0.900 bits per heavy atom. The Kier molecular flexibility index (Phi) is 3.89. The van der Waals surface area contributed by atoms with E-state index in [0.717, 1.165) is 22.5 Å². The summed E-state index contributed by atoms with van der Waals surface area (Å²) in [4.78, 5) is 13.6. The lowest BCUT2D eigenvalue weighted by atomic mass is 10.0. The van der Waals surface area contributed by atoms with Gasteiger partial charge in [-0.15, -0.1) is 0 Å². The molecule has 0 spiro atoms. The number of rotatable bonds is 0. The van der Waals surface area contributed by atoms with Crippen LogP contribution in [0, 0.1) is 0 Å². The van der Waals surface area contributed by atoms with Crippen molar-refractivity contribution in [3.63, 3.8) is 0 Å². The summed E-state index contributed by atoms with van der Waals surface area (Å²) >= 11 is 13.3. The maximum absolute atomic E-state index is 12.0. The minimum absolute atomic E-state index is 0.0564. The third-order valence-corrected chi connectivity index (χ3v) is 6.30. The third kappa shape index (κ3) is 2.20. The number of amides is 1. The predicted octanol–water partition coefficient (Wildman–Crippen LogP) is 6.07. The van der Waals surface area contributed by atoms with Crippen LogP contribution in [-0.4, -0.2) is 5.37 Å². The molecule has 0 saturated carbocycles. The van der Waals surface area contributed by atoms with Crippen LogP contribution in [0.4, 0.5) is 16.2 Å². The van der Waals surface area contributed by atoms with Gasteiger partial charge in [0.25, 0.3) is 0 Å². The molecule has 2 aromatic rings. The summed E-state index contributed by atoms with van der Waals surface area (Å²) in [6, 6.07) is 15.5. The average molecular weight is 416 g/mol. The van der Waals surface area contributed by atoms with Crippen LogP contribution in [0.3, 0.4) is 0 Å². The maximum atomic E-state index is 12.0. The van der Waals surface area contributed by atoms with Gasteiger partial charge in [-0.05, 0) is 34.9 Å². The molecule has 2 nitrogen and oxygen atoms in total. The van der Waals surface area contributed by atoms with E-state index in [1.807, 2.05) is 48.5 Å². The number of nitrogens with zero attached hydrogens (tertiary/aromatic N) is 1. The highest BCUT2D eigenvalue weighted by molar-refractivity contribution is 9.12. The van der Waals surface area contributed by atoms with Crippen LogP contribution >= 0.6 is 43.5 Å². The number of anilines is 2. The normalized spacial score (nSPS) is 20.9. The molecule has 0 aliphatic carbocycles. The Morgan fingerprint density at radius 2 is 1.30 bits per heavy atom. The second-order valence-electron chi connectivity index (χ2n) is 4.51. The number of fused-ring (bicyclic) bond motifs is 2. The number of carbonyl (C=O) groups is 1. The van der Waals surface area contributed by atoms with Gasteiger partial charge in [-0.2, -0.15) is 0 Å². The van der Waals surface area contributed by atoms with E-state index in [4.69, 9.17) is 11.6 Å². The Morgan fingerprint density at radius 3 is 1.70 bits per heavy atom. The molecule has 102 valence electrons. The second kappa shape index (κ2) is 5.51. The number of alkyl halides is 2. The first-order chi connectivity index (χ1) is 9.61. The summed E-state index contributed by atoms with van der Waals surface area (Å²) < 4.78 is 0. The van der Waals surface area contributed by atoms with Crippen LogP contribution in [0.1, 0.15) is 20.8 Å². The van der Waals surface area contributed by atoms with E-state index in [9.17, 15) is 4.79 Å². The fourth-order valence-electron chi connectivity index (χ4n) is 2.48. The van der Waals surface area contributed by atoms with E-state index < -0.39 is 5.37 Å². The molecule has 0 saturated heterocycles. The first-order valence-corrected chi connectivity index (χ1v) is 8.28. The van der Waals surface area contributed by atoms with Crippen LogP contribution in [0.2, 0.25) is 0 Å². The van der Waals surface area contributed by atoms with Crippen LogP contribution in [-0.2, 0) is 0 Å². The zero-order valence-electron chi connectivity index (χ0n) is 10.3. The van der Waals surface area contributed by atoms with Gasteiger partial charge in [-0.25, -0.2) is 0 Å². The molecule has 1 aliphatic rings. The Labute approximate surface area is 139 Å². The van der Waals surface area contributed by atoms with Gasteiger partial charge in [-0.1, -0.05) is 68.3 Å².